The van der Waals surface area contributed by atoms with Gasteiger partial charge in [-0.2, -0.15) is 0 Å². The summed E-state index contributed by atoms with van der Waals surface area (Å²) in [4.78, 5) is 1.87. The van der Waals surface area contributed by atoms with Crippen LogP contribution < -0.4 is 5.73 Å². The molecule has 2 rings (SSSR count). The molecule has 2 N–H and O–H groups in total. The van der Waals surface area contributed by atoms with E-state index in [4.69, 9.17) is 17.3 Å². The monoisotopic (exact) mass is 281 g/mol. The Morgan fingerprint density at radius 2 is 1.89 bits per heavy atom. The van der Waals surface area contributed by atoms with Crippen LogP contribution in [0.15, 0.2) is 52.3 Å². The Kier molecular flexibility index (Phi) is 4.27. The number of hydrogen-bond donors (Lipinski definition) is 1. The van der Waals surface area contributed by atoms with E-state index in [1.54, 1.807) is 6.07 Å². The minimum atomic E-state index is -0.272. The van der Waals surface area contributed by atoms with E-state index >= 15 is 0 Å². The molecule has 0 aliphatic heterocycles. The molecule has 0 heterocycles. The van der Waals surface area contributed by atoms with E-state index in [2.05, 4.69) is 0 Å². The summed E-state index contributed by atoms with van der Waals surface area (Å²) in [5, 5.41) is 0.683. The standard InChI is InChI=1S/C14H13ClFNS/c1-9(17)11-8-10(16)6-7-13(11)18-14-5-3-2-4-12(14)15/h2-9H,17H2,1H3/t9-/m0/s1. The predicted octanol–water partition coefficient (Wildman–Crippen LogP) is 4.65. The quantitative estimate of drug-likeness (QED) is 0.886. The molecule has 0 saturated carbocycles. The van der Waals surface area contributed by atoms with Gasteiger partial charge >= 0.3 is 0 Å². The minimum Gasteiger partial charge on any atom is -0.324 e. The van der Waals surface area contributed by atoms with Crippen LogP contribution in [0.4, 0.5) is 4.39 Å². The molecule has 0 amide bonds. The maximum atomic E-state index is 13.2. The minimum absolute atomic E-state index is 0.217. The highest BCUT2D eigenvalue weighted by Gasteiger charge is 2.11. The van der Waals surface area contributed by atoms with Crippen molar-refractivity contribution in [1.29, 1.82) is 0 Å². The van der Waals surface area contributed by atoms with Crippen molar-refractivity contribution >= 4 is 23.4 Å². The molecule has 94 valence electrons. The Morgan fingerprint density at radius 1 is 1.17 bits per heavy atom. The van der Waals surface area contributed by atoms with Crippen LogP contribution in [0.5, 0.6) is 0 Å². The van der Waals surface area contributed by atoms with E-state index in [1.165, 1.54) is 23.9 Å². The molecule has 0 aliphatic carbocycles. The maximum Gasteiger partial charge on any atom is 0.123 e. The van der Waals surface area contributed by atoms with Gasteiger partial charge in [-0.3, -0.25) is 0 Å². The first-order chi connectivity index (χ1) is 8.58. The van der Waals surface area contributed by atoms with Crippen LogP contribution in [-0.2, 0) is 0 Å². The molecule has 0 radical (unpaired) electrons. The Balaban J connectivity index is 2.37. The van der Waals surface area contributed by atoms with Gasteiger partial charge in [0.2, 0.25) is 0 Å². The molecule has 2 aromatic rings. The molecule has 0 unspecified atom stereocenters. The zero-order valence-electron chi connectivity index (χ0n) is 9.86. The van der Waals surface area contributed by atoms with E-state index in [9.17, 15) is 4.39 Å². The van der Waals surface area contributed by atoms with Crippen LogP contribution in [-0.4, -0.2) is 0 Å². The molecule has 0 aromatic heterocycles. The summed E-state index contributed by atoms with van der Waals surface area (Å²) in [6.07, 6.45) is 0. The van der Waals surface area contributed by atoms with Gasteiger partial charge in [0.05, 0.1) is 5.02 Å². The average molecular weight is 282 g/mol. The molecule has 1 nitrogen and oxygen atoms in total. The molecule has 0 saturated heterocycles. The van der Waals surface area contributed by atoms with Crippen LogP contribution in [0.3, 0.4) is 0 Å². The fourth-order valence-electron chi connectivity index (χ4n) is 1.61. The number of rotatable bonds is 3. The lowest BCUT2D eigenvalue weighted by Crippen LogP contribution is -2.06. The third-order valence-corrected chi connectivity index (χ3v) is 4.13. The lowest BCUT2D eigenvalue weighted by Gasteiger charge is -2.13. The lowest BCUT2D eigenvalue weighted by atomic mass is 10.1. The first kappa shape index (κ1) is 13.4. The zero-order chi connectivity index (χ0) is 13.1. The maximum absolute atomic E-state index is 13.2. The number of nitrogens with two attached hydrogens (primary N) is 1. The number of hydrogen-bond acceptors (Lipinski definition) is 2. The third-order valence-electron chi connectivity index (χ3n) is 2.52. The van der Waals surface area contributed by atoms with E-state index in [0.717, 1.165) is 15.4 Å². The van der Waals surface area contributed by atoms with Gasteiger partial charge in [-0.1, -0.05) is 35.5 Å². The van der Waals surface area contributed by atoms with Crippen molar-refractivity contribution in [2.45, 2.75) is 22.8 Å². The fraction of sp³-hybridized carbons (Fsp3) is 0.143. The van der Waals surface area contributed by atoms with Crippen LogP contribution in [0.2, 0.25) is 5.02 Å². The number of halogens is 2. The first-order valence-electron chi connectivity index (χ1n) is 5.55. The van der Waals surface area contributed by atoms with Gasteiger partial charge in [-0.15, -0.1) is 0 Å². The molecular formula is C14H13ClFNS. The van der Waals surface area contributed by atoms with Gasteiger partial charge in [0, 0.05) is 15.8 Å². The average Bonchev–Trinajstić information content (AvgIpc) is 2.34. The Labute approximate surface area is 115 Å². The van der Waals surface area contributed by atoms with Crippen molar-refractivity contribution in [3.05, 3.63) is 58.9 Å². The summed E-state index contributed by atoms with van der Waals surface area (Å²) in [6, 6.07) is 12.0. The molecule has 0 spiro atoms. The first-order valence-corrected chi connectivity index (χ1v) is 6.75. The molecule has 2 aromatic carbocycles. The van der Waals surface area contributed by atoms with Crippen LogP contribution in [0.1, 0.15) is 18.5 Å². The summed E-state index contributed by atoms with van der Waals surface area (Å²) in [6.45, 7) is 1.84. The second-order valence-corrected chi connectivity index (χ2v) is 5.49. The highest BCUT2D eigenvalue weighted by Crippen LogP contribution is 2.36. The Hall–Kier alpha value is -1.03. The highest BCUT2D eigenvalue weighted by molar-refractivity contribution is 7.99. The zero-order valence-corrected chi connectivity index (χ0v) is 11.4. The van der Waals surface area contributed by atoms with E-state index in [0.29, 0.717) is 5.02 Å². The predicted molar refractivity (Wildman–Crippen MR) is 74.6 cm³/mol. The molecule has 0 aliphatic rings. The summed E-state index contributed by atoms with van der Waals surface area (Å²) in [7, 11) is 0. The summed E-state index contributed by atoms with van der Waals surface area (Å²) < 4.78 is 13.2. The molecule has 18 heavy (non-hydrogen) atoms. The van der Waals surface area contributed by atoms with Crippen molar-refractivity contribution in [2.75, 3.05) is 0 Å². The summed E-state index contributed by atoms with van der Waals surface area (Å²) >= 11 is 7.61. The second kappa shape index (κ2) is 5.74. The normalized spacial score (nSPS) is 12.4. The molecule has 0 fully saturated rings. The smallest absolute Gasteiger partial charge is 0.123 e. The Bertz CT molecular complexity index is 557. The van der Waals surface area contributed by atoms with Gasteiger partial charge in [-0.25, -0.2) is 4.39 Å². The van der Waals surface area contributed by atoms with Crippen molar-refractivity contribution in [1.82, 2.24) is 0 Å². The van der Waals surface area contributed by atoms with E-state index < -0.39 is 0 Å². The van der Waals surface area contributed by atoms with E-state index in [-0.39, 0.29) is 11.9 Å². The Morgan fingerprint density at radius 3 is 2.56 bits per heavy atom. The van der Waals surface area contributed by atoms with Crippen molar-refractivity contribution in [2.24, 2.45) is 5.73 Å². The van der Waals surface area contributed by atoms with Gasteiger partial charge in [0.25, 0.3) is 0 Å². The molecular weight excluding hydrogens is 269 g/mol. The van der Waals surface area contributed by atoms with Gasteiger partial charge < -0.3 is 5.73 Å². The van der Waals surface area contributed by atoms with Gasteiger partial charge in [-0.05, 0) is 42.8 Å². The highest BCUT2D eigenvalue weighted by atomic mass is 35.5. The molecule has 1 atom stereocenters. The third kappa shape index (κ3) is 3.05. The molecule has 4 heteroatoms. The van der Waals surface area contributed by atoms with Crippen LogP contribution >= 0.6 is 23.4 Å². The summed E-state index contributed by atoms with van der Waals surface area (Å²) in [5.41, 5.74) is 6.65. The van der Waals surface area contributed by atoms with Crippen LogP contribution in [0.25, 0.3) is 0 Å². The SMILES string of the molecule is C[C@H](N)c1cc(F)ccc1Sc1ccccc1Cl. The van der Waals surface area contributed by atoms with Crippen molar-refractivity contribution in [3.8, 4) is 0 Å². The van der Waals surface area contributed by atoms with Crippen molar-refractivity contribution in [3.63, 3.8) is 0 Å². The fourth-order valence-corrected chi connectivity index (χ4v) is 2.91. The largest absolute Gasteiger partial charge is 0.324 e. The van der Waals surface area contributed by atoms with Gasteiger partial charge in [0.15, 0.2) is 0 Å². The molecule has 0 bridgehead atoms. The van der Waals surface area contributed by atoms with Crippen LogP contribution in [0, 0.1) is 5.82 Å². The topological polar surface area (TPSA) is 26.0 Å². The van der Waals surface area contributed by atoms with Crippen molar-refractivity contribution < 1.29 is 4.39 Å². The lowest BCUT2D eigenvalue weighted by molar-refractivity contribution is 0.619. The van der Waals surface area contributed by atoms with Gasteiger partial charge in [0.1, 0.15) is 5.82 Å². The van der Waals surface area contributed by atoms with E-state index in [1.807, 2.05) is 31.2 Å². The number of benzene rings is 2. The second-order valence-electron chi connectivity index (χ2n) is 4.00. The summed E-state index contributed by atoms with van der Waals surface area (Å²) in [5.74, 6) is -0.272.